The molecule has 0 unspecified atom stereocenters. The fourth-order valence-electron chi connectivity index (χ4n) is 2.22. The maximum absolute atomic E-state index is 12.2. The van der Waals surface area contributed by atoms with E-state index in [0.29, 0.717) is 18.6 Å². The highest BCUT2D eigenvalue weighted by molar-refractivity contribution is 7.08. The zero-order chi connectivity index (χ0) is 12.5. The first kappa shape index (κ1) is 12.5. The summed E-state index contributed by atoms with van der Waals surface area (Å²) in [6.45, 7) is 3.98. The number of hydrogen-bond acceptors (Lipinski definition) is 5. The molecule has 0 aliphatic carbocycles. The number of carbonyl (C=O) groups excluding carboxylic acids is 1. The molecule has 0 aromatic carbocycles. The van der Waals surface area contributed by atoms with Crippen LogP contribution in [0.15, 0.2) is 16.8 Å². The molecule has 1 aliphatic rings. The van der Waals surface area contributed by atoms with Crippen LogP contribution in [0.3, 0.4) is 0 Å². The van der Waals surface area contributed by atoms with Crippen molar-refractivity contribution in [3.8, 4) is 0 Å². The fraction of sp³-hybridized carbons (Fsp3) is 0.583. The van der Waals surface area contributed by atoms with Crippen molar-refractivity contribution in [3.63, 3.8) is 0 Å². The van der Waals surface area contributed by atoms with Crippen LogP contribution in [0.4, 0.5) is 0 Å². The van der Waals surface area contributed by atoms with Crippen molar-refractivity contribution in [2.75, 3.05) is 13.2 Å². The molecule has 1 N–H and O–H groups in total. The second kappa shape index (κ2) is 4.40. The van der Waals surface area contributed by atoms with E-state index in [9.17, 15) is 9.90 Å². The minimum absolute atomic E-state index is 0.268. The third-order valence-electron chi connectivity index (χ3n) is 3.16. The fourth-order valence-corrected chi connectivity index (χ4v) is 2.92. The molecule has 94 valence electrons. The van der Waals surface area contributed by atoms with Gasteiger partial charge in [0.15, 0.2) is 0 Å². The second-order valence-corrected chi connectivity index (χ2v) is 5.07. The Balaban J connectivity index is 2.47. The van der Waals surface area contributed by atoms with E-state index in [4.69, 9.17) is 9.47 Å². The van der Waals surface area contributed by atoms with Gasteiger partial charge in [0, 0.05) is 12.0 Å². The number of thiophene rings is 1. The third kappa shape index (κ3) is 1.78. The first-order valence-corrected chi connectivity index (χ1v) is 6.55. The first-order valence-electron chi connectivity index (χ1n) is 5.61. The van der Waals surface area contributed by atoms with Gasteiger partial charge in [-0.05, 0) is 30.7 Å². The summed E-state index contributed by atoms with van der Waals surface area (Å²) in [5.74, 6) is -0.513. The Labute approximate surface area is 104 Å². The summed E-state index contributed by atoms with van der Waals surface area (Å²) in [7, 11) is 0. The average molecular weight is 256 g/mol. The Morgan fingerprint density at radius 2 is 2.47 bits per heavy atom. The third-order valence-corrected chi connectivity index (χ3v) is 3.84. The highest BCUT2D eigenvalue weighted by Crippen LogP contribution is 2.45. The maximum atomic E-state index is 12.2. The van der Waals surface area contributed by atoms with Crippen LogP contribution in [0.25, 0.3) is 0 Å². The smallest absolute Gasteiger partial charge is 0.346 e. The van der Waals surface area contributed by atoms with Crippen LogP contribution >= 0.6 is 11.3 Å². The van der Waals surface area contributed by atoms with Crippen LogP contribution in [0.1, 0.15) is 25.8 Å². The van der Waals surface area contributed by atoms with Gasteiger partial charge in [0.1, 0.15) is 5.60 Å². The lowest BCUT2D eigenvalue weighted by Gasteiger charge is -2.35. The van der Waals surface area contributed by atoms with Crippen molar-refractivity contribution < 1.29 is 19.4 Å². The number of hydrogen-bond donors (Lipinski definition) is 1. The molecular weight excluding hydrogens is 240 g/mol. The van der Waals surface area contributed by atoms with Gasteiger partial charge in [-0.25, -0.2) is 4.79 Å². The molecule has 5 heteroatoms. The summed E-state index contributed by atoms with van der Waals surface area (Å²) in [6.07, 6.45) is 0.418. The zero-order valence-corrected chi connectivity index (χ0v) is 10.8. The average Bonchev–Trinajstić information content (AvgIpc) is 2.85. The number of rotatable bonds is 3. The van der Waals surface area contributed by atoms with Crippen LogP contribution in [0.5, 0.6) is 0 Å². The molecule has 1 aromatic rings. The van der Waals surface area contributed by atoms with Crippen molar-refractivity contribution >= 4 is 17.3 Å². The summed E-state index contributed by atoms with van der Waals surface area (Å²) in [4.78, 5) is 12.2. The highest BCUT2D eigenvalue weighted by Gasteiger charge is 2.60. The molecule has 0 amide bonds. The number of ether oxygens (including phenoxy) is 2. The molecule has 2 rings (SSSR count). The Hall–Kier alpha value is -0.910. The molecule has 0 spiro atoms. The van der Waals surface area contributed by atoms with Gasteiger partial charge in [-0.1, -0.05) is 0 Å². The van der Waals surface area contributed by atoms with Gasteiger partial charge in [-0.2, -0.15) is 11.3 Å². The SMILES string of the molecule is CCOC(=O)[C@@]1(c2ccsc2)OCC[C@@]1(C)O. The molecule has 2 heterocycles. The lowest BCUT2D eigenvalue weighted by molar-refractivity contribution is -0.188. The molecule has 0 bridgehead atoms. The number of carbonyl (C=O) groups is 1. The van der Waals surface area contributed by atoms with Crippen molar-refractivity contribution in [1.29, 1.82) is 0 Å². The molecule has 0 radical (unpaired) electrons. The topological polar surface area (TPSA) is 55.8 Å². The zero-order valence-electron chi connectivity index (χ0n) is 9.93. The standard InChI is InChI=1S/C12H16O4S/c1-3-15-10(13)12(9-4-7-17-8-9)11(2,14)5-6-16-12/h4,7-8,14H,3,5-6H2,1-2H3/t11-,12-/m1/s1. The van der Waals surface area contributed by atoms with Crippen molar-refractivity contribution in [2.45, 2.75) is 31.5 Å². The molecule has 1 aliphatic heterocycles. The van der Waals surface area contributed by atoms with Gasteiger partial charge < -0.3 is 14.6 Å². The van der Waals surface area contributed by atoms with Gasteiger partial charge in [-0.3, -0.25) is 0 Å². The first-order chi connectivity index (χ1) is 8.04. The molecule has 2 atom stereocenters. The molecule has 4 nitrogen and oxygen atoms in total. The van der Waals surface area contributed by atoms with Crippen molar-refractivity contribution in [3.05, 3.63) is 22.4 Å². The van der Waals surface area contributed by atoms with E-state index in [1.165, 1.54) is 11.3 Å². The van der Waals surface area contributed by atoms with Crippen molar-refractivity contribution in [2.24, 2.45) is 0 Å². The summed E-state index contributed by atoms with van der Waals surface area (Å²) < 4.78 is 10.7. The van der Waals surface area contributed by atoms with E-state index in [1.807, 2.05) is 10.8 Å². The summed E-state index contributed by atoms with van der Waals surface area (Å²) in [5, 5.41) is 14.1. The maximum Gasteiger partial charge on any atom is 0.346 e. The summed E-state index contributed by atoms with van der Waals surface area (Å²) in [6, 6.07) is 1.79. The monoisotopic (exact) mass is 256 g/mol. The quantitative estimate of drug-likeness (QED) is 0.836. The predicted molar refractivity (Wildman–Crippen MR) is 63.8 cm³/mol. The number of esters is 1. The van der Waals surface area contributed by atoms with Gasteiger partial charge in [-0.15, -0.1) is 0 Å². The van der Waals surface area contributed by atoms with Crippen LogP contribution in [-0.2, 0) is 19.9 Å². The molecule has 1 fully saturated rings. The van der Waals surface area contributed by atoms with Crippen LogP contribution in [0.2, 0.25) is 0 Å². The minimum Gasteiger partial charge on any atom is -0.464 e. The van der Waals surface area contributed by atoms with Gasteiger partial charge in [0.05, 0.1) is 13.2 Å². The van der Waals surface area contributed by atoms with Crippen LogP contribution < -0.4 is 0 Å². The number of aliphatic hydroxyl groups is 1. The highest BCUT2D eigenvalue weighted by atomic mass is 32.1. The van der Waals surface area contributed by atoms with E-state index in [2.05, 4.69) is 0 Å². The van der Waals surface area contributed by atoms with Gasteiger partial charge in [0.2, 0.25) is 5.60 Å². The molecular formula is C12H16O4S. The van der Waals surface area contributed by atoms with E-state index in [0.717, 1.165) is 0 Å². The molecule has 0 saturated carbocycles. The largest absolute Gasteiger partial charge is 0.464 e. The second-order valence-electron chi connectivity index (χ2n) is 4.29. The van der Waals surface area contributed by atoms with Gasteiger partial charge >= 0.3 is 5.97 Å². The lowest BCUT2D eigenvalue weighted by atomic mass is 9.80. The van der Waals surface area contributed by atoms with E-state index >= 15 is 0 Å². The predicted octanol–water partition coefficient (Wildman–Crippen LogP) is 1.68. The summed E-state index contributed by atoms with van der Waals surface area (Å²) >= 11 is 1.46. The molecule has 1 aromatic heterocycles. The van der Waals surface area contributed by atoms with Crippen LogP contribution in [-0.4, -0.2) is 29.9 Å². The van der Waals surface area contributed by atoms with Crippen molar-refractivity contribution in [1.82, 2.24) is 0 Å². The lowest BCUT2D eigenvalue weighted by Crippen LogP contribution is -2.52. The minimum atomic E-state index is -1.37. The molecule has 1 saturated heterocycles. The normalized spacial score (nSPS) is 32.6. The Kier molecular flexibility index (Phi) is 3.25. The van der Waals surface area contributed by atoms with Crippen LogP contribution in [0, 0.1) is 0 Å². The van der Waals surface area contributed by atoms with E-state index in [1.54, 1.807) is 19.9 Å². The Bertz CT molecular complexity index is 399. The molecule has 17 heavy (non-hydrogen) atoms. The Morgan fingerprint density at radius 1 is 1.71 bits per heavy atom. The van der Waals surface area contributed by atoms with Gasteiger partial charge in [0.25, 0.3) is 0 Å². The van der Waals surface area contributed by atoms with E-state index in [-0.39, 0.29) is 6.61 Å². The Morgan fingerprint density at radius 3 is 2.94 bits per heavy atom. The summed E-state index contributed by atoms with van der Waals surface area (Å²) in [5.41, 5.74) is -1.94. The van der Waals surface area contributed by atoms with E-state index < -0.39 is 17.2 Å².